The van der Waals surface area contributed by atoms with Crippen LogP contribution in [-0.2, 0) is 0 Å². The molecule has 2 aromatic heterocycles. The van der Waals surface area contributed by atoms with Crippen molar-refractivity contribution in [1.29, 1.82) is 0 Å². The molecule has 0 saturated heterocycles. The summed E-state index contributed by atoms with van der Waals surface area (Å²) in [6.45, 7) is 5.65. The first-order valence-electron chi connectivity index (χ1n) is 7.55. The molecule has 2 rings (SSSR count). The third-order valence-electron chi connectivity index (χ3n) is 3.49. The summed E-state index contributed by atoms with van der Waals surface area (Å²) in [5, 5.41) is 5.92. The van der Waals surface area contributed by atoms with Gasteiger partial charge in [-0.2, -0.15) is 0 Å². The molecular weight excluding hydrogens is 270 g/mol. The van der Waals surface area contributed by atoms with Gasteiger partial charge in [-0.05, 0) is 36.9 Å². The van der Waals surface area contributed by atoms with Crippen LogP contribution in [0.4, 0.5) is 0 Å². The Kier molecular flexibility index (Phi) is 6.35. The van der Waals surface area contributed by atoms with Crippen LogP contribution in [0.5, 0.6) is 0 Å². The Hall–Kier alpha value is -0.380. The molecule has 19 heavy (non-hydrogen) atoms. The van der Waals surface area contributed by atoms with Crippen molar-refractivity contribution in [2.75, 3.05) is 6.54 Å². The van der Waals surface area contributed by atoms with Crippen molar-refractivity contribution in [3.63, 3.8) is 0 Å². The van der Waals surface area contributed by atoms with Crippen LogP contribution in [0.1, 0.15) is 63.3 Å². The van der Waals surface area contributed by atoms with Gasteiger partial charge in [0.15, 0.2) is 0 Å². The van der Waals surface area contributed by atoms with Crippen LogP contribution in [0.2, 0.25) is 0 Å². The number of hydrogen-bond acceptors (Lipinski definition) is 3. The molecule has 0 aliphatic rings. The smallest absolute Gasteiger partial charge is 0.0454 e. The summed E-state index contributed by atoms with van der Waals surface area (Å²) in [7, 11) is 0. The Labute approximate surface area is 125 Å². The minimum Gasteiger partial charge on any atom is -0.309 e. The summed E-state index contributed by atoms with van der Waals surface area (Å²) < 4.78 is 2.91. The van der Waals surface area contributed by atoms with E-state index in [1.54, 1.807) is 0 Å². The van der Waals surface area contributed by atoms with Crippen molar-refractivity contribution in [3.05, 3.63) is 22.4 Å². The highest BCUT2D eigenvalue weighted by molar-refractivity contribution is 7.26. The summed E-state index contributed by atoms with van der Waals surface area (Å²) >= 11 is 3.84. The van der Waals surface area contributed by atoms with Crippen molar-refractivity contribution in [2.24, 2.45) is 0 Å². The fourth-order valence-corrected chi connectivity index (χ4v) is 4.62. The quantitative estimate of drug-likeness (QED) is 0.562. The fourth-order valence-electron chi connectivity index (χ4n) is 2.39. The van der Waals surface area contributed by atoms with E-state index in [2.05, 4.69) is 36.7 Å². The molecular formula is C16H25NS2. The lowest BCUT2D eigenvalue weighted by atomic mass is 10.1. The minimum absolute atomic E-state index is 0.571. The number of nitrogens with one attached hydrogen (secondary N) is 1. The molecule has 106 valence electrons. The van der Waals surface area contributed by atoms with Crippen LogP contribution < -0.4 is 5.32 Å². The first-order valence-corrected chi connectivity index (χ1v) is 9.25. The number of hydrogen-bond donors (Lipinski definition) is 1. The molecule has 0 bridgehead atoms. The number of rotatable bonds is 9. The van der Waals surface area contributed by atoms with Gasteiger partial charge in [0, 0.05) is 20.3 Å². The van der Waals surface area contributed by atoms with Crippen molar-refractivity contribution in [1.82, 2.24) is 5.32 Å². The zero-order valence-electron chi connectivity index (χ0n) is 12.1. The maximum absolute atomic E-state index is 3.73. The molecule has 0 aliphatic carbocycles. The molecule has 0 aromatic carbocycles. The van der Waals surface area contributed by atoms with Crippen molar-refractivity contribution in [3.8, 4) is 0 Å². The SMILES string of the molecule is CCCCCCC(NCCC)c1cc2sccc2s1. The summed E-state index contributed by atoms with van der Waals surface area (Å²) in [5.74, 6) is 0. The molecule has 0 saturated carbocycles. The summed E-state index contributed by atoms with van der Waals surface area (Å²) in [4.78, 5) is 1.53. The first kappa shape index (κ1) is 15.0. The van der Waals surface area contributed by atoms with Crippen LogP contribution in [0.15, 0.2) is 17.5 Å². The Bertz CT molecular complexity index is 443. The fraction of sp³-hybridized carbons (Fsp3) is 0.625. The summed E-state index contributed by atoms with van der Waals surface area (Å²) in [6, 6.07) is 5.22. The number of unbranched alkanes of at least 4 members (excludes halogenated alkanes) is 3. The second kappa shape index (κ2) is 8.03. The molecule has 0 aliphatic heterocycles. The lowest BCUT2D eigenvalue weighted by Crippen LogP contribution is -2.21. The third-order valence-corrected chi connectivity index (χ3v) is 5.70. The van der Waals surface area contributed by atoms with Gasteiger partial charge >= 0.3 is 0 Å². The van der Waals surface area contributed by atoms with Gasteiger partial charge in [0.1, 0.15) is 0 Å². The molecule has 2 aromatic rings. The second-order valence-electron chi connectivity index (χ2n) is 5.15. The van der Waals surface area contributed by atoms with Crippen molar-refractivity contribution in [2.45, 2.75) is 58.4 Å². The highest BCUT2D eigenvalue weighted by atomic mass is 32.1. The Morgan fingerprint density at radius 1 is 1.11 bits per heavy atom. The van der Waals surface area contributed by atoms with Gasteiger partial charge in [0.2, 0.25) is 0 Å². The third kappa shape index (κ3) is 4.30. The van der Waals surface area contributed by atoms with Gasteiger partial charge in [0.25, 0.3) is 0 Å². The predicted octanol–water partition coefficient (Wildman–Crippen LogP) is 5.97. The lowest BCUT2D eigenvalue weighted by molar-refractivity contribution is 0.476. The van der Waals surface area contributed by atoms with E-state index in [9.17, 15) is 0 Å². The topological polar surface area (TPSA) is 12.0 Å². The van der Waals surface area contributed by atoms with Gasteiger partial charge in [-0.25, -0.2) is 0 Å². The second-order valence-corrected chi connectivity index (χ2v) is 7.22. The summed E-state index contributed by atoms with van der Waals surface area (Å²) in [6.07, 6.45) is 7.92. The van der Waals surface area contributed by atoms with E-state index < -0.39 is 0 Å². The average Bonchev–Trinajstić information content (AvgIpc) is 2.99. The Morgan fingerprint density at radius 2 is 2.00 bits per heavy atom. The van der Waals surface area contributed by atoms with Gasteiger partial charge in [0.05, 0.1) is 0 Å². The molecule has 0 fully saturated rings. The molecule has 1 N–H and O–H groups in total. The molecule has 1 unspecified atom stereocenters. The zero-order chi connectivity index (χ0) is 13.5. The van der Waals surface area contributed by atoms with Crippen molar-refractivity contribution >= 4 is 32.1 Å². The van der Waals surface area contributed by atoms with Gasteiger partial charge in [-0.3, -0.25) is 0 Å². The molecule has 2 heterocycles. The number of thiophene rings is 2. The predicted molar refractivity (Wildman–Crippen MR) is 89.5 cm³/mol. The van der Waals surface area contributed by atoms with E-state index in [4.69, 9.17) is 0 Å². The Balaban J connectivity index is 1.97. The normalized spacial score (nSPS) is 13.2. The molecule has 0 radical (unpaired) electrons. The van der Waals surface area contributed by atoms with E-state index >= 15 is 0 Å². The highest BCUT2D eigenvalue weighted by Crippen LogP contribution is 2.35. The lowest BCUT2D eigenvalue weighted by Gasteiger charge is -2.17. The van der Waals surface area contributed by atoms with E-state index in [1.165, 1.54) is 52.8 Å². The van der Waals surface area contributed by atoms with Crippen LogP contribution in [-0.4, -0.2) is 6.54 Å². The van der Waals surface area contributed by atoms with E-state index in [1.807, 2.05) is 22.7 Å². The average molecular weight is 296 g/mol. The largest absolute Gasteiger partial charge is 0.309 e. The molecule has 1 atom stereocenters. The number of fused-ring (bicyclic) bond motifs is 1. The van der Waals surface area contributed by atoms with Gasteiger partial charge < -0.3 is 5.32 Å². The Morgan fingerprint density at radius 3 is 2.74 bits per heavy atom. The van der Waals surface area contributed by atoms with Crippen LogP contribution in [0.25, 0.3) is 9.40 Å². The van der Waals surface area contributed by atoms with Crippen molar-refractivity contribution < 1.29 is 0 Å². The van der Waals surface area contributed by atoms with Gasteiger partial charge in [-0.1, -0.05) is 39.5 Å². The molecule has 1 nitrogen and oxygen atoms in total. The van der Waals surface area contributed by atoms with E-state index in [-0.39, 0.29) is 0 Å². The minimum atomic E-state index is 0.571. The zero-order valence-corrected chi connectivity index (χ0v) is 13.7. The van der Waals surface area contributed by atoms with Crippen LogP contribution >= 0.6 is 22.7 Å². The standard InChI is InChI=1S/C16H25NS2/c1-3-5-6-7-8-13(17-10-4-2)15-12-16-14(19-15)9-11-18-16/h9,11-13,17H,3-8,10H2,1-2H3. The molecule has 0 spiro atoms. The molecule has 3 heteroatoms. The summed E-state index contributed by atoms with van der Waals surface area (Å²) in [5.41, 5.74) is 0. The van der Waals surface area contributed by atoms with E-state index in [0.717, 1.165) is 6.54 Å². The highest BCUT2D eigenvalue weighted by Gasteiger charge is 2.14. The first-order chi connectivity index (χ1) is 9.35. The maximum Gasteiger partial charge on any atom is 0.0454 e. The van der Waals surface area contributed by atoms with E-state index in [0.29, 0.717) is 6.04 Å². The van der Waals surface area contributed by atoms with Crippen LogP contribution in [0, 0.1) is 0 Å². The molecule has 0 amide bonds. The maximum atomic E-state index is 3.73. The van der Waals surface area contributed by atoms with Gasteiger partial charge in [-0.15, -0.1) is 22.7 Å². The van der Waals surface area contributed by atoms with Crippen LogP contribution in [0.3, 0.4) is 0 Å². The monoisotopic (exact) mass is 295 g/mol.